The fraction of sp³-hybridized carbons (Fsp3) is 0.100. The maximum atomic E-state index is 13.4. The lowest BCUT2D eigenvalue weighted by Crippen LogP contribution is -2.12. The van der Waals surface area contributed by atoms with E-state index in [2.05, 4.69) is 10.3 Å². The molecule has 2 aromatic carbocycles. The molecule has 0 fully saturated rings. The maximum Gasteiger partial charge on any atom is 0.251 e. The van der Waals surface area contributed by atoms with Crippen molar-refractivity contribution in [2.75, 3.05) is 0 Å². The lowest BCUT2D eigenvalue weighted by Gasteiger charge is -2.14. The molecule has 1 N–H and O–H groups in total. The zero-order valence-electron chi connectivity index (χ0n) is 13.4. The molecular weight excluding hydrogens is 322 g/mol. The molecule has 0 unspecified atom stereocenters. The number of hydrogen-bond donors (Lipinski definition) is 1. The van der Waals surface area contributed by atoms with Crippen LogP contribution in [0.25, 0.3) is 22.3 Å². The third kappa shape index (κ3) is 2.67. The summed E-state index contributed by atoms with van der Waals surface area (Å²) in [6.07, 6.45) is 0. The van der Waals surface area contributed by atoms with Gasteiger partial charge in [0.15, 0.2) is 0 Å². The van der Waals surface area contributed by atoms with Crippen molar-refractivity contribution in [2.45, 2.75) is 13.5 Å². The second-order valence-corrected chi connectivity index (χ2v) is 6.01. The van der Waals surface area contributed by atoms with Crippen molar-refractivity contribution in [1.29, 1.82) is 0 Å². The molecule has 0 saturated heterocycles. The molecule has 2 heterocycles. The van der Waals surface area contributed by atoms with Crippen LogP contribution in [0.5, 0.6) is 0 Å². The normalized spacial score (nSPS) is 12.8. The maximum absolute atomic E-state index is 13.4. The zero-order chi connectivity index (χ0) is 17.6. The number of hydrogen-bond acceptors (Lipinski definition) is 2. The first-order chi connectivity index (χ1) is 12.0. The third-order valence-electron chi connectivity index (χ3n) is 4.42. The van der Waals surface area contributed by atoms with E-state index in [-0.39, 0.29) is 11.7 Å². The SMILES string of the molecule is Cc1nc(F)ccc1-c1cc2c(cc1-c1ccc(F)cc1)C(=O)NC2. The van der Waals surface area contributed by atoms with Crippen molar-refractivity contribution in [3.63, 3.8) is 0 Å². The summed E-state index contributed by atoms with van der Waals surface area (Å²) < 4.78 is 26.7. The minimum Gasteiger partial charge on any atom is -0.348 e. The molecule has 0 radical (unpaired) electrons. The minimum atomic E-state index is -0.539. The molecule has 0 bridgehead atoms. The highest BCUT2D eigenvalue weighted by Crippen LogP contribution is 2.37. The number of carbonyl (C=O) groups is 1. The van der Waals surface area contributed by atoms with Gasteiger partial charge in [0.1, 0.15) is 5.82 Å². The van der Waals surface area contributed by atoms with Crippen LogP contribution in [0.15, 0.2) is 48.5 Å². The summed E-state index contributed by atoms with van der Waals surface area (Å²) in [5, 5.41) is 2.80. The fourth-order valence-electron chi connectivity index (χ4n) is 3.18. The van der Waals surface area contributed by atoms with Gasteiger partial charge < -0.3 is 5.32 Å². The van der Waals surface area contributed by atoms with Crippen molar-refractivity contribution in [2.24, 2.45) is 0 Å². The first-order valence-corrected chi connectivity index (χ1v) is 7.87. The number of pyridine rings is 1. The Labute approximate surface area is 143 Å². The van der Waals surface area contributed by atoms with Crippen molar-refractivity contribution in [3.8, 4) is 22.3 Å². The Morgan fingerprint density at radius 2 is 1.68 bits per heavy atom. The number of halogens is 2. The van der Waals surface area contributed by atoms with Gasteiger partial charge in [-0.1, -0.05) is 12.1 Å². The van der Waals surface area contributed by atoms with E-state index < -0.39 is 5.95 Å². The Hall–Kier alpha value is -3.08. The topological polar surface area (TPSA) is 42.0 Å². The summed E-state index contributed by atoms with van der Waals surface area (Å²) in [4.78, 5) is 15.9. The van der Waals surface area contributed by atoms with Gasteiger partial charge in [-0.2, -0.15) is 4.39 Å². The summed E-state index contributed by atoms with van der Waals surface area (Å²) in [6, 6.07) is 12.8. The molecule has 0 saturated carbocycles. The number of aryl methyl sites for hydroxylation is 1. The van der Waals surface area contributed by atoms with Gasteiger partial charge in [-0.15, -0.1) is 0 Å². The molecule has 0 atom stereocenters. The number of fused-ring (bicyclic) bond motifs is 1. The van der Waals surface area contributed by atoms with Crippen LogP contribution in [-0.4, -0.2) is 10.9 Å². The standard InChI is InChI=1S/C20H14F2N2O/c1-11-15(6-7-19(22)24-11)18-8-13-10-23-20(25)17(13)9-16(18)12-2-4-14(21)5-3-12/h2-9H,10H2,1H3,(H,23,25). The molecule has 25 heavy (non-hydrogen) atoms. The molecule has 3 aromatic rings. The average Bonchev–Trinajstić information content (AvgIpc) is 2.95. The van der Waals surface area contributed by atoms with E-state index in [1.807, 2.05) is 12.1 Å². The van der Waals surface area contributed by atoms with Gasteiger partial charge in [0.2, 0.25) is 5.95 Å². The van der Waals surface area contributed by atoms with Gasteiger partial charge >= 0.3 is 0 Å². The number of nitrogens with one attached hydrogen (secondary N) is 1. The van der Waals surface area contributed by atoms with Gasteiger partial charge in [-0.3, -0.25) is 4.79 Å². The van der Waals surface area contributed by atoms with E-state index >= 15 is 0 Å². The third-order valence-corrected chi connectivity index (χ3v) is 4.42. The lowest BCUT2D eigenvalue weighted by atomic mass is 9.90. The Morgan fingerprint density at radius 3 is 2.40 bits per heavy atom. The molecule has 5 heteroatoms. The summed E-state index contributed by atoms with van der Waals surface area (Å²) in [7, 11) is 0. The predicted octanol–water partition coefficient (Wildman–Crippen LogP) is 4.25. The molecule has 4 rings (SSSR count). The van der Waals surface area contributed by atoms with Crippen LogP contribution in [0.1, 0.15) is 21.6 Å². The molecule has 1 aliphatic heterocycles. The molecule has 124 valence electrons. The van der Waals surface area contributed by atoms with Crippen molar-refractivity contribution < 1.29 is 13.6 Å². The molecular formula is C20H14F2N2O. The van der Waals surface area contributed by atoms with Crippen LogP contribution >= 0.6 is 0 Å². The van der Waals surface area contributed by atoms with E-state index in [1.165, 1.54) is 18.2 Å². The average molecular weight is 336 g/mol. The minimum absolute atomic E-state index is 0.126. The number of amides is 1. The summed E-state index contributed by atoms with van der Waals surface area (Å²) in [6.45, 7) is 2.20. The molecule has 1 aliphatic rings. The number of carbonyl (C=O) groups excluding carboxylic acids is 1. The fourth-order valence-corrected chi connectivity index (χ4v) is 3.18. The number of aromatic nitrogens is 1. The Bertz CT molecular complexity index is 997. The molecule has 1 amide bonds. The second kappa shape index (κ2) is 5.77. The van der Waals surface area contributed by atoms with E-state index in [0.717, 1.165) is 27.8 Å². The van der Waals surface area contributed by atoms with E-state index in [0.29, 0.717) is 17.8 Å². The van der Waals surface area contributed by atoms with Crippen LogP contribution in [0.4, 0.5) is 8.78 Å². The lowest BCUT2D eigenvalue weighted by molar-refractivity contribution is 0.0966. The number of benzene rings is 2. The van der Waals surface area contributed by atoms with E-state index in [9.17, 15) is 13.6 Å². The summed E-state index contributed by atoms with van der Waals surface area (Å²) >= 11 is 0. The zero-order valence-corrected chi connectivity index (χ0v) is 13.4. The van der Waals surface area contributed by atoms with Gasteiger partial charge in [0, 0.05) is 23.4 Å². The van der Waals surface area contributed by atoms with Crippen LogP contribution in [0, 0.1) is 18.7 Å². The van der Waals surface area contributed by atoms with Gasteiger partial charge in [0.25, 0.3) is 5.91 Å². The van der Waals surface area contributed by atoms with E-state index in [1.54, 1.807) is 25.1 Å². The molecule has 3 nitrogen and oxygen atoms in total. The first kappa shape index (κ1) is 15.4. The molecule has 1 aromatic heterocycles. The highest BCUT2D eigenvalue weighted by molar-refractivity contribution is 6.01. The molecule has 0 aliphatic carbocycles. The Kier molecular flexibility index (Phi) is 3.57. The van der Waals surface area contributed by atoms with Gasteiger partial charge in [-0.05, 0) is 65.6 Å². The Balaban J connectivity index is 1.99. The van der Waals surface area contributed by atoms with Gasteiger partial charge in [-0.25, -0.2) is 9.37 Å². The predicted molar refractivity (Wildman–Crippen MR) is 90.9 cm³/mol. The highest BCUT2D eigenvalue weighted by Gasteiger charge is 2.23. The number of rotatable bonds is 2. The Morgan fingerprint density at radius 1 is 0.920 bits per heavy atom. The first-order valence-electron chi connectivity index (χ1n) is 7.87. The van der Waals surface area contributed by atoms with Gasteiger partial charge in [0.05, 0.1) is 0 Å². The number of nitrogens with zero attached hydrogens (tertiary/aromatic N) is 1. The van der Waals surface area contributed by atoms with Crippen LogP contribution < -0.4 is 5.32 Å². The van der Waals surface area contributed by atoms with Crippen molar-refractivity contribution in [1.82, 2.24) is 10.3 Å². The molecule has 0 spiro atoms. The van der Waals surface area contributed by atoms with Crippen molar-refractivity contribution in [3.05, 3.63) is 77.1 Å². The van der Waals surface area contributed by atoms with Crippen molar-refractivity contribution >= 4 is 5.91 Å². The highest BCUT2D eigenvalue weighted by atomic mass is 19.1. The van der Waals surface area contributed by atoms with E-state index in [4.69, 9.17) is 0 Å². The smallest absolute Gasteiger partial charge is 0.251 e. The quantitative estimate of drug-likeness (QED) is 0.711. The van der Waals surface area contributed by atoms with Crippen LogP contribution in [-0.2, 0) is 6.54 Å². The van der Waals surface area contributed by atoms with Crippen LogP contribution in [0.2, 0.25) is 0 Å². The summed E-state index contributed by atoms with van der Waals surface area (Å²) in [5.74, 6) is -0.995. The largest absolute Gasteiger partial charge is 0.348 e. The van der Waals surface area contributed by atoms with Crippen LogP contribution in [0.3, 0.4) is 0 Å². The summed E-state index contributed by atoms with van der Waals surface area (Å²) in [5.41, 5.74) is 5.23. The monoisotopic (exact) mass is 336 g/mol. The second-order valence-electron chi connectivity index (χ2n) is 6.01.